The number of carbonyl (C=O) groups is 1. The third kappa shape index (κ3) is 6.21. The molecular formula is C29H21ClF3N5O5. The smallest absolute Gasteiger partial charge is 0.433 e. The average molecular weight is 612 g/mol. The number of methoxy groups -OCH3 is 1. The number of halogens is 4. The number of amides is 1. The number of alkyl halides is 3. The summed E-state index contributed by atoms with van der Waals surface area (Å²) in [5, 5.41) is 17.4. The van der Waals surface area contributed by atoms with E-state index in [0.29, 0.717) is 21.6 Å². The summed E-state index contributed by atoms with van der Waals surface area (Å²) in [7, 11) is 1.41. The first-order valence-electron chi connectivity index (χ1n) is 12.5. The summed E-state index contributed by atoms with van der Waals surface area (Å²) in [6.45, 7) is 3.71. The van der Waals surface area contributed by atoms with Crippen LogP contribution in [-0.2, 0) is 6.18 Å². The molecule has 0 fully saturated rings. The third-order valence-corrected chi connectivity index (χ3v) is 6.54. The van der Waals surface area contributed by atoms with E-state index < -0.39 is 44.8 Å². The van der Waals surface area contributed by atoms with Crippen LogP contribution in [0.1, 0.15) is 27.3 Å². The molecule has 14 heteroatoms. The van der Waals surface area contributed by atoms with Crippen molar-refractivity contribution in [2.45, 2.75) is 20.0 Å². The zero-order chi connectivity index (χ0) is 31.1. The zero-order valence-electron chi connectivity index (χ0n) is 22.7. The monoisotopic (exact) mass is 611 g/mol. The highest BCUT2D eigenvalue weighted by molar-refractivity contribution is 6.37. The molecule has 0 saturated carbocycles. The number of fused-ring (bicyclic) bond motifs is 1. The number of hydrogen-bond acceptors (Lipinski definition) is 7. The fraction of sp³-hybridized carbons (Fsp3) is 0.138. The van der Waals surface area contributed by atoms with Crippen LogP contribution in [0.5, 0.6) is 17.2 Å². The minimum absolute atomic E-state index is 0.0413. The first kappa shape index (κ1) is 29.3. The molecule has 1 amide bonds. The number of rotatable bonds is 7. The van der Waals surface area contributed by atoms with E-state index in [1.165, 1.54) is 25.3 Å². The minimum atomic E-state index is -4.89. The Morgan fingerprint density at radius 1 is 1.00 bits per heavy atom. The Balaban J connectivity index is 1.54. The lowest BCUT2D eigenvalue weighted by Crippen LogP contribution is -2.16. The Hall–Kier alpha value is -5.17. The molecule has 5 rings (SSSR count). The predicted octanol–water partition coefficient (Wildman–Crippen LogP) is 7.65. The summed E-state index contributed by atoms with van der Waals surface area (Å²) in [6.07, 6.45) is -4.89. The lowest BCUT2D eigenvalue weighted by atomic mass is 10.1. The Morgan fingerprint density at radius 3 is 2.35 bits per heavy atom. The molecule has 2 heterocycles. The lowest BCUT2D eigenvalue weighted by Gasteiger charge is -2.11. The van der Waals surface area contributed by atoms with Crippen LogP contribution in [0, 0.1) is 24.0 Å². The number of aromatic nitrogens is 3. The summed E-state index contributed by atoms with van der Waals surface area (Å²) in [6, 6.07) is 16.0. The number of aryl methyl sites for hydroxylation is 2. The SMILES string of the molecule is COc1cccc(-c2cc(C(F)(F)F)n3nc(C(=O)Nc4cc(Oc5cc(C)cc(C)c5)cc([N+](=O)[O-])c4)c(Cl)c3n2)c1. The van der Waals surface area contributed by atoms with Crippen LogP contribution in [0.15, 0.2) is 66.7 Å². The molecule has 0 unspecified atom stereocenters. The normalized spacial score (nSPS) is 11.4. The van der Waals surface area contributed by atoms with Gasteiger partial charge in [-0.25, -0.2) is 9.50 Å². The Morgan fingerprint density at radius 2 is 1.70 bits per heavy atom. The number of hydrogen-bond donors (Lipinski definition) is 1. The number of nitro benzene ring substituents is 1. The number of nitro groups is 1. The van der Waals surface area contributed by atoms with E-state index in [0.717, 1.165) is 23.3 Å². The molecule has 3 aromatic carbocycles. The summed E-state index contributed by atoms with van der Waals surface area (Å²) in [5.74, 6) is -0.175. The maximum atomic E-state index is 14.1. The van der Waals surface area contributed by atoms with Gasteiger partial charge < -0.3 is 14.8 Å². The van der Waals surface area contributed by atoms with Crippen LogP contribution >= 0.6 is 11.6 Å². The van der Waals surface area contributed by atoms with Crippen molar-refractivity contribution in [2.24, 2.45) is 0 Å². The Labute approximate surface area is 246 Å². The number of nitrogens with one attached hydrogen (secondary N) is 1. The second-order valence-electron chi connectivity index (χ2n) is 9.51. The second-order valence-corrected chi connectivity index (χ2v) is 9.88. The van der Waals surface area contributed by atoms with Gasteiger partial charge in [-0.1, -0.05) is 29.8 Å². The fourth-order valence-electron chi connectivity index (χ4n) is 4.41. The van der Waals surface area contributed by atoms with Crippen molar-refractivity contribution in [3.8, 4) is 28.5 Å². The van der Waals surface area contributed by atoms with E-state index in [4.69, 9.17) is 21.1 Å². The van der Waals surface area contributed by atoms with Crippen LogP contribution in [0.2, 0.25) is 5.02 Å². The number of ether oxygens (including phenoxy) is 2. The molecule has 0 bridgehead atoms. The first-order valence-corrected chi connectivity index (χ1v) is 12.9. The van der Waals surface area contributed by atoms with Crippen molar-refractivity contribution in [1.29, 1.82) is 0 Å². The molecule has 0 spiro atoms. The van der Waals surface area contributed by atoms with Crippen LogP contribution in [0.4, 0.5) is 24.5 Å². The van der Waals surface area contributed by atoms with Gasteiger partial charge in [0.2, 0.25) is 0 Å². The molecule has 5 aromatic rings. The molecule has 0 aliphatic rings. The minimum Gasteiger partial charge on any atom is -0.497 e. The fourth-order valence-corrected chi connectivity index (χ4v) is 4.65. The molecule has 0 aliphatic carbocycles. The van der Waals surface area contributed by atoms with Crippen molar-refractivity contribution in [3.63, 3.8) is 0 Å². The summed E-state index contributed by atoms with van der Waals surface area (Å²) >= 11 is 6.38. The Bertz CT molecular complexity index is 1890. The quantitative estimate of drug-likeness (QED) is 0.148. The number of carbonyl (C=O) groups excluding carboxylic acids is 1. The topological polar surface area (TPSA) is 121 Å². The van der Waals surface area contributed by atoms with Crippen LogP contribution in [-0.4, -0.2) is 32.5 Å². The highest BCUT2D eigenvalue weighted by Crippen LogP contribution is 2.36. The largest absolute Gasteiger partial charge is 0.497 e. The molecule has 0 aliphatic heterocycles. The van der Waals surface area contributed by atoms with Crippen molar-refractivity contribution in [1.82, 2.24) is 14.6 Å². The summed E-state index contributed by atoms with van der Waals surface area (Å²) < 4.78 is 53.7. The number of benzene rings is 3. The molecule has 10 nitrogen and oxygen atoms in total. The average Bonchev–Trinajstić information content (AvgIpc) is 3.27. The standard InChI is InChI=1S/C29H21ClF3N5O5/c1-15-7-16(2)9-21(8-15)43-22-12-18(11-19(13-22)38(40)41)34-28(39)26-25(30)27-35-23(17-5-4-6-20(10-17)42-3)14-24(29(31,32)33)37(27)36-26/h4-14H,1-3H3,(H,34,39). The molecule has 2 aromatic heterocycles. The number of anilines is 1. The van der Waals surface area contributed by atoms with Gasteiger partial charge in [-0.05, 0) is 55.3 Å². The number of nitrogens with zero attached hydrogens (tertiary/aromatic N) is 4. The molecule has 220 valence electrons. The van der Waals surface area contributed by atoms with E-state index in [1.807, 2.05) is 19.9 Å². The lowest BCUT2D eigenvalue weighted by molar-refractivity contribution is -0.384. The van der Waals surface area contributed by atoms with E-state index in [9.17, 15) is 28.1 Å². The first-order chi connectivity index (χ1) is 20.3. The highest BCUT2D eigenvalue weighted by atomic mass is 35.5. The second kappa shape index (κ2) is 11.2. The molecular weight excluding hydrogens is 591 g/mol. The summed E-state index contributed by atoms with van der Waals surface area (Å²) in [4.78, 5) is 28.4. The van der Waals surface area contributed by atoms with Gasteiger partial charge in [-0.2, -0.15) is 18.3 Å². The third-order valence-electron chi connectivity index (χ3n) is 6.19. The van der Waals surface area contributed by atoms with Crippen LogP contribution in [0.3, 0.4) is 0 Å². The summed E-state index contributed by atoms with van der Waals surface area (Å²) in [5.41, 5.74) is -0.676. The van der Waals surface area contributed by atoms with E-state index >= 15 is 0 Å². The highest BCUT2D eigenvalue weighted by Gasteiger charge is 2.37. The van der Waals surface area contributed by atoms with Crippen molar-refractivity contribution < 1.29 is 32.4 Å². The molecule has 0 atom stereocenters. The van der Waals surface area contributed by atoms with E-state index in [-0.39, 0.29) is 17.1 Å². The molecule has 1 N–H and O–H groups in total. The van der Waals surface area contributed by atoms with Gasteiger partial charge in [0, 0.05) is 17.7 Å². The zero-order valence-corrected chi connectivity index (χ0v) is 23.4. The van der Waals surface area contributed by atoms with Crippen molar-refractivity contribution in [3.05, 3.63) is 104 Å². The maximum absolute atomic E-state index is 14.1. The molecule has 43 heavy (non-hydrogen) atoms. The number of non-ortho nitro benzene ring substituents is 1. The van der Waals surface area contributed by atoms with Gasteiger partial charge in [-0.15, -0.1) is 0 Å². The maximum Gasteiger partial charge on any atom is 0.433 e. The van der Waals surface area contributed by atoms with Crippen LogP contribution < -0.4 is 14.8 Å². The Kier molecular flexibility index (Phi) is 7.67. The predicted molar refractivity (Wildman–Crippen MR) is 152 cm³/mol. The van der Waals surface area contributed by atoms with Gasteiger partial charge in [0.15, 0.2) is 17.0 Å². The van der Waals surface area contributed by atoms with Gasteiger partial charge in [0.05, 0.1) is 29.5 Å². The van der Waals surface area contributed by atoms with Crippen molar-refractivity contribution in [2.75, 3.05) is 12.4 Å². The van der Waals surface area contributed by atoms with E-state index in [2.05, 4.69) is 15.4 Å². The van der Waals surface area contributed by atoms with Crippen LogP contribution in [0.25, 0.3) is 16.9 Å². The van der Waals surface area contributed by atoms with Gasteiger partial charge >= 0.3 is 6.18 Å². The van der Waals surface area contributed by atoms with Gasteiger partial charge in [0.1, 0.15) is 22.3 Å². The molecule has 0 saturated heterocycles. The van der Waals surface area contributed by atoms with E-state index in [1.54, 1.807) is 30.3 Å². The van der Waals surface area contributed by atoms with Gasteiger partial charge in [0.25, 0.3) is 11.6 Å². The molecule has 0 radical (unpaired) electrons. The van der Waals surface area contributed by atoms with Crippen molar-refractivity contribution >= 4 is 34.5 Å². The van der Waals surface area contributed by atoms with Gasteiger partial charge in [-0.3, -0.25) is 14.9 Å².